The van der Waals surface area contributed by atoms with Crippen molar-refractivity contribution in [2.75, 3.05) is 18.5 Å². The molecule has 2 heterocycles. The van der Waals surface area contributed by atoms with Crippen LogP contribution in [-0.4, -0.2) is 70.0 Å². The lowest BCUT2D eigenvalue weighted by molar-refractivity contribution is -0.131. The van der Waals surface area contributed by atoms with E-state index >= 15 is 0 Å². The minimum absolute atomic E-state index is 0.00267. The van der Waals surface area contributed by atoms with Gasteiger partial charge in [-0.15, -0.1) is 0 Å². The summed E-state index contributed by atoms with van der Waals surface area (Å²) in [5.74, 6) is -1.25. The molecule has 5 atom stereocenters. The second kappa shape index (κ2) is 13.4. The van der Waals surface area contributed by atoms with Gasteiger partial charge in [-0.25, -0.2) is 4.79 Å². The number of aromatic nitrogens is 2. The first kappa shape index (κ1) is 29.4. The number of amides is 3. The van der Waals surface area contributed by atoms with E-state index in [2.05, 4.69) is 20.9 Å². The molecule has 6 N–H and O–H groups in total. The highest BCUT2D eigenvalue weighted by molar-refractivity contribution is 5.98. The van der Waals surface area contributed by atoms with Crippen molar-refractivity contribution in [3.63, 3.8) is 0 Å². The van der Waals surface area contributed by atoms with Crippen LogP contribution in [0.25, 0.3) is 0 Å². The summed E-state index contributed by atoms with van der Waals surface area (Å²) in [6, 6.07) is -1.15. The number of aliphatic hydroxyl groups is 1. The molecule has 5 unspecified atom stereocenters. The van der Waals surface area contributed by atoms with E-state index in [1.165, 1.54) is 23.8 Å². The molecule has 0 bridgehead atoms. The molecule has 0 radical (unpaired) electrons. The van der Waals surface area contributed by atoms with E-state index in [9.17, 15) is 19.2 Å². The van der Waals surface area contributed by atoms with Gasteiger partial charge in [-0.3, -0.25) is 19.0 Å². The molecule has 1 aromatic rings. The number of ether oxygens (including phenoxy) is 2. The lowest BCUT2D eigenvalue weighted by Gasteiger charge is -2.23. The molecule has 1 aliphatic heterocycles. The average Bonchev–Trinajstić information content (AvgIpc) is 3.26. The van der Waals surface area contributed by atoms with Gasteiger partial charge >= 0.3 is 5.69 Å². The topological polar surface area (TPSA) is 187 Å². The normalized spacial score (nSPS) is 20.1. The van der Waals surface area contributed by atoms with Crippen LogP contribution in [0.5, 0.6) is 0 Å². The molecule has 1 fully saturated rings. The fourth-order valence-electron chi connectivity index (χ4n) is 3.60. The molecule has 0 aromatic carbocycles. The van der Waals surface area contributed by atoms with Gasteiger partial charge in [-0.1, -0.05) is 27.7 Å². The molecule has 1 aromatic heterocycles. The van der Waals surface area contributed by atoms with Crippen molar-refractivity contribution in [3.05, 3.63) is 22.7 Å². The van der Waals surface area contributed by atoms with Crippen molar-refractivity contribution in [2.24, 2.45) is 17.6 Å². The van der Waals surface area contributed by atoms with Gasteiger partial charge in [0.25, 0.3) is 0 Å². The predicted molar refractivity (Wildman–Crippen MR) is 130 cm³/mol. The van der Waals surface area contributed by atoms with Gasteiger partial charge in [0, 0.05) is 6.20 Å². The van der Waals surface area contributed by atoms with Crippen LogP contribution in [0.2, 0.25) is 0 Å². The third-order valence-corrected chi connectivity index (χ3v) is 5.43. The zero-order valence-corrected chi connectivity index (χ0v) is 21.4. The van der Waals surface area contributed by atoms with Gasteiger partial charge in [0.1, 0.15) is 17.9 Å². The van der Waals surface area contributed by atoms with Crippen molar-refractivity contribution in [1.29, 1.82) is 0 Å². The van der Waals surface area contributed by atoms with Gasteiger partial charge < -0.3 is 36.3 Å². The number of rotatable bonds is 12. The van der Waals surface area contributed by atoms with E-state index in [0.717, 1.165) is 0 Å². The summed E-state index contributed by atoms with van der Waals surface area (Å²) in [6.45, 7) is 8.91. The summed E-state index contributed by atoms with van der Waals surface area (Å²) in [5, 5.41) is 16.9. The van der Waals surface area contributed by atoms with Gasteiger partial charge in [0.2, 0.25) is 17.7 Å². The summed E-state index contributed by atoms with van der Waals surface area (Å²) in [7, 11) is 0. The van der Waals surface area contributed by atoms with Crippen molar-refractivity contribution in [3.8, 4) is 0 Å². The number of hydrogen-bond donors (Lipinski definition) is 5. The first-order chi connectivity index (χ1) is 16.9. The van der Waals surface area contributed by atoms with Crippen molar-refractivity contribution >= 4 is 23.5 Å². The Bertz CT molecular complexity index is 967. The Hall–Kier alpha value is -2.87. The fraction of sp³-hybridized carbons (Fsp3) is 0.696. The molecular weight excluding hydrogens is 472 g/mol. The maximum Gasteiger partial charge on any atom is 0.351 e. The van der Waals surface area contributed by atoms with Crippen LogP contribution in [0.4, 0.5) is 5.82 Å². The van der Waals surface area contributed by atoms with E-state index in [1.807, 2.05) is 27.7 Å². The van der Waals surface area contributed by atoms with Crippen molar-refractivity contribution < 1.29 is 29.0 Å². The quantitative estimate of drug-likeness (QED) is 0.246. The molecule has 13 nitrogen and oxygen atoms in total. The molecule has 202 valence electrons. The standard InChI is InChI=1S/C23H38N6O7/c1-12(2)8-15(24)21(32)25-14(5)20(31)26-16(9-13(3)4)22(33)27-17-6-7-29(23(34)28-17)18-11-35-19(10-30)36-18/h6-7,12-16,18-19,30H,8-11,24H2,1-5H3,(H,25,32)(H,26,31)(H,27,28,33,34). The molecule has 0 spiro atoms. The molecule has 3 amide bonds. The van der Waals surface area contributed by atoms with Crippen LogP contribution in [0.15, 0.2) is 17.1 Å². The Balaban J connectivity index is 2.02. The number of carbonyl (C=O) groups is 3. The van der Waals surface area contributed by atoms with Gasteiger partial charge in [-0.2, -0.15) is 4.98 Å². The lowest BCUT2D eigenvalue weighted by atomic mass is 10.0. The van der Waals surface area contributed by atoms with Crippen LogP contribution < -0.4 is 27.4 Å². The molecule has 0 saturated carbocycles. The first-order valence-corrected chi connectivity index (χ1v) is 12.1. The molecule has 13 heteroatoms. The number of carbonyl (C=O) groups excluding carboxylic acids is 3. The zero-order valence-electron chi connectivity index (χ0n) is 21.4. The average molecular weight is 511 g/mol. The summed E-state index contributed by atoms with van der Waals surface area (Å²) in [4.78, 5) is 54.2. The highest BCUT2D eigenvalue weighted by Gasteiger charge is 2.29. The summed E-state index contributed by atoms with van der Waals surface area (Å²) in [6.07, 6.45) is 0.627. The van der Waals surface area contributed by atoms with E-state index in [4.69, 9.17) is 20.3 Å². The SMILES string of the molecule is CC(C)CC(N)C(=O)NC(C)C(=O)NC(CC(C)C)C(=O)Nc1ccn(C2COC(CO)O2)c(=O)n1. The van der Waals surface area contributed by atoms with E-state index < -0.39 is 54.1 Å². The summed E-state index contributed by atoms with van der Waals surface area (Å²) < 4.78 is 11.8. The smallest absolute Gasteiger partial charge is 0.351 e. The second-order valence-corrected chi connectivity index (χ2v) is 9.69. The predicted octanol–water partition coefficient (Wildman–Crippen LogP) is -0.545. The lowest BCUT2D eigenvalue weighted by Crippen LogP contribution is -2.54. The third-order valence-electron chi connectivity index (χ3n) is 5.43. The molecule has 2 rings (SSSR count). The van der Waals surface area contributed by atoms with Gasteiger partial charge in [-0.05, 0) is 37.7 Å². The highest BCUT2D eigenvalue weighted by atomic mass is 16.7. The van der Waals surface area contributed by atoms with Crippen LogP contribution in [0, 0.1) is 11.8 Å². The molecule has 36 heavy (non-hydrogen) atoms. The minimum atomic E-state index is -0.928. The van der Waals surface area contributed by atoms with E-state index in [1.54, 1.807) is 0 Å². The van der Waals surface area contributed by atoms with E-state index in [0.29, 0.717) is 12.8 Å². The largest absolute Gasteiger partial charge is 0.391 e. The third kappa shape index (κ3) is 8.66. The van der Waals surface area contributed by atoms with Crippen LogP contribution >= 0.6 is 0 Å². The minimum Gasteiger partial charge on any atom is -0.391 e. The highest BCUT2D eigenvalue weighted by Crippen LogP contribution is 2.19. The van der Waals surface area contributed by atoms with E-state index in [-0.39, 0.29) is 30.9 Å². The Morgan fingerprint density at radius 2 is 1.78 bits per heavy atom. The number of hydrogen-bond acceptors (Lipinski definition) is 9. The number of nitrogens with one attached hydrogen (secondary N) is 3. The van der Waals surface area contributed by atoms with Gasteiger partial charge in [0.05, 0.1) is 19.3 Å². The van der Waals surface area contributed by atoms with Gasteiger partial charge in [0.15, 0.2) is 12.5 Å². The van der Waals surface area contributed by atoms with Crippen LogP contribution in [-0.2, 0) is 23.9 Å². The molecule has 1 saturated heterocycles. The van der Waals surface area contributed by atoms with Crippen LogP contribution in [0.3, 0.4) is 0 Å². The first-order valence-electron chi connectivity index (χ1n) is 12.1. The number of anilines is 1. The molecular formula is C23H38N6O7. The summed E-state index contributed by atoms with van der Waals surface area (Å²) in [5.41, 5.74) is 5.19. The Morgan fingerprint density at radius 3 is 2.33 bits per heavy atom. The Labute approximate surface area is 210 Å². The molecule has 1 aliphatic rings. The Morgan fingerprint density at radius 1 is 1.11 bits per heavy atom. The maximum atomic E-state index is 12.9. The number of nitrogens with two attached hydrogens (primary N) is 1. The van der Waals surface area contributed by atoms with Crippen molar-refractivity contribution in [2.45, 2.75) is 78.1 Å². The number of nitrogens with zero attached hydrogens (tertiary/aromatic N) is 2. The second-order valence-electron chi connectivity index (χ2n) is 9.69. The number of aliphatic hydroxyl groups excluding tert-OH is 1. The van der Waals surface area contributed by atoms with Crippen molar-refractivity contribution in [1.82, 2.24) is 20.2 Å². The zero-order chi connectivity index (χ0) is 27.0. The maximum absolute atomic E-state index is 12.9. The molecule has 0 aliphatic carbocycles. The monoisotopic (exact) mass is 510 g/mol. The summed E-state index contributed by atoms with van der Waals surface area (Å²) >= 11 is 0. The Kier molecular flexibility index (Phi) is 11.0. The van der Waals surface area contributed by atoms with Crippen LogP contribution in [0.1, 0.15) is 53.7 Å². The fourth-order valence-corrected chi connectivity index (χ4v) is 3.60.